The Morgan fingerprint density at radius 2 is 2.00 bits per heavy atom. The molecule has 26 heavy (non-hydrogen) atoms. The highest BCUT2D eigenvalue weighted by molar-refractivity contribution is 9.10. The fraction of sp³-hybridized carbons (Fsp3) is 0.263. The number of aliphatic hydroxyl groups excluding tert-OH is 1. The molecule has 134 valence electrons. The molecule has 2 aromatic rings. The van der Waals surface area contributed by atoms with E-state index < -0.39 is 17.7 Å². The Kier molecular flexibility index (Phi) is 5.16. The Morgan fingerprint density at radius 1 is 1.27 bits per heavy atom. The van der Waals surface area contributed by atoms with Crippen LogP contribution in [0.3, 0.4) is 0 Å². The van der Waals surface area contributed by atoms with Crippen LogP contribution in [0.15, 0.2) is 58.0 Å². The van der Waals surface area contributed by atoms with Gasteiger partial charge in [0.15, 0.2) is 0 Å². The zero-order valence-corrected chi connectivity index (χ0v) is 16.1. The first kappa shape index (κ1) is 18.2. The number of rotatable bonds is 2. The number of halogens is 1. The van der Waals surface area contributed by atoms with E-state index in [1.54, 1.807) is 6.19 Å². The summed E-state index contributed by atoms with van der Waals surface area (Å²) >= 11 is 3.48. The van der Waals surface area contributed by atoms with Crippen LogP contribution in [0, 0.1) is 11.5 Å². The van der Waals surface area contributed by atoms with Crippen LogP contribution in [-0.4, -0.2) is 22.7 Å². The molecule has 0 spiro atoms. The minimum Gasteiger partial charge on any atom is -0.388 e. The highest BCUT2D eigenvalue weighted by atomic mass is 79.9. The van der Waals surface area contributed by atoms with Crippen molar-refractivity contribution in [2.75, 3.05) is 10.6 Å². The second kappa shape index (κ2) is 7.36. The Labute approximate surface area is 161 Å². The van der Waals surface area contributed by atoms with E-state index in [1.807, 2.05) is 62.4 Å². The smallest absolute Gasteiger partial charge is 0.212 e. The van der Waals surface area contributed by atoms with Crippen molar-refractivity contribution in [2.45, 2.75) is 31.5 Å². The molecular weight excluding hydrogens is 394 g/mol. The van der Waals surface area contributed by atoms with Crippen LogP contribution in [-0.2, 0) is 0 Å². The lowest BCUT2D eigenvalue weighted by Crippen LogP contribution is -2.55. The maximum absolute atomic E-state index is 10.9. The van der Waals surface area contributed by atoms with Crippen molar-refractivity contribution < 1.29 is 5.11 Å². The standard InChI is InChI=1S/C19H20BrN5O/c1-19(2)17(26)16(14-10-12(20)8-9-15(14)25-19)24-18(22-11-21)23-13-6-4-3-5-7-13/h3-10,16-17,25-26H,1-2H3,(H2,22,23,24)/t16-,17+/m1/s1. The molecule has 0 fully saturated rings. The lowest BCUT2D eigenvalue weighted by molar-refractivity contribution is 0.0758. The minimum absolute atomic E-state index is 0.284. The summed E-state index contributed by atoms with van der Waals surface area (Å²) in [6.07, 6.45) is 1.06. The van der Waals surface area contributed by atoms with E-state index in [2.05, 4.69) is 36.9 Å². The quantitative estimate of drug-likeness (QED) is 0.343. The number of aliphatic hydroxyl groups is 1. The second-order valence-corrected chi connectivity index (χ2v) is 7.61. The second-order valence-electron chi connectivity index (χ2n) is 6.70. The van der Waals surface area contributed by atoms with E-state index in [0.717, 1.165) is 21.4 Å². The van der Waals surface area contributed by atoms with Crippen molar-refractivity contribution in [2.24, 2.45) is 4.99 Å². The molecule has 0 bridgehead atoms. The lowest BCUT2D eigenvalue weighted by Gasteiger charge is -2.44. The van der Waals surface area contributed by atoms with Crippen molar-refractivity contribution in [1.82, 2.24) is 5.32 Å². The predicted octanol–water partition coefficient (Wildman–Crippen LogP) is 3.59. The predicted molar refractivity (Wildman–Crippen MR) is 107 cm³/mol. The molecule has 1 aliphatic heterocycles. The van der Waals surface area contributed by atoms with Gasteiger partial charge < -0.3 is 21.1 Å². The van der Waals surface area contributed by atoms with Crippen molar-refractivity contribution in [3.05, 3.63) is 58.6 Å². The Bertz CT molecular complexity index is 860. The van der Waals surface area contributed by atoms with Crippen molar-refractivity contribution in [1.29, 1.82) is 5.26 Å². The maximum Gasteiger partial charge on any atom is 0.212 e. The van der Waals surface area contributed by atoms with Gasteiger partial charge in [0, 0.05) is 21.4 Å². The van der Waals surface area contributed by atoms with Crippen molar-refractivity contribution in [3.8, 4) is 6.19 Å². The van der Waals surface area contributed by atoms with Crippen molar-refractivity contribution in [3.63, 3.8) is 0 Å². The number of aliphatic imine (C=N–C) groups is 1. The minimum atomic E-state index is -0.745. The third-order valence-electron chi connectivity index (χ3n) is 4.35. The average molecular weight is 414 g/mol. The third-order valence-corrected chi connectivity index (χ3v) is 4.84. The molecule has 0 radical (unpaired) electrons. The Hall–Kier alpha value is -2.56. The van der Waals surface area contributed by atoms with Crippen molar-refractivity contribution >= 4 is 33.3 Å². The number of hydrogen-bond acceptors (Lipinski definition) is 4. The molecule has 2 atom stereocenters. The van der Waals surface area contributed by atoms with Crippen LogP contribution in [0.5, 0.6) is 0 Å². The van der Waals surface area contributed by atoms with Crippen LogP contribution in [0.1, 0.15) is 25.5 Å². The first-order chi connectivity index (χ1) is 12.4. The van der Waals surface area contributed by atoms with Crippen LogP contribution in [0.25, 0.3) is 0 Å². The molecule has 0 saturated heterocycles. The molecule has 1 aliphatic rings. The van der Waals surface area contributed by atoms with Gasteiger partial charge in [-0.05, 0) is 44.2 Å². The summed E-state index contributed by atoms with van der Waals surface area (Å²) in [6.45, 7) is 3.87. The topological polar surface area (TPSA) is 92.5 Å². The first-order valence-electron chi connectivity index (χ1n) is 8.22. The maximum atomic E-state index is 10.9. The SMILES string of the molecule is CC1(C)Nc2ccc(Br)cc2[C@@H](NC(=NC#N)Nc2ccccc2)[C@@H]1O. The zero-order chi connectivity index (χ0) is 18.7. The van der Waals surface area contributed by atoms with E-state index in [0.29, 0.717) is 0 Å². The number of nitriles is 1. The molecular formula is C19H20BrN5O. The lowest BCUT2D eigenvalue weighted by atomic mass is 9.82. The van der Waals surface area contributed by atoms with Gasteiger partial charge in [0.25, 0.3) is 0 Å². The molecule has 7 heteroatoms. The van der Waals surface area contributed by atoms with Crippen LogP contribution in [0.4, 0.5) is 11.4 Å². The van der Waals surface area contributed by atoms with Gasteiger partial charge in [-0.25, -0.2) is 0 Å². The molecule has 1 heterocycles. The Balaban J connectivity index is 1.94. The first-order valence-corrected chi connectivity index (χ1v) is 9.01. The number of benzene rings is 2. The van der Waals surface area contributed by atoms with Gasteiger partial charge in [-0.1, -0.05) is 34.1 Å². The summed E-state index contributed by atoms with van der Waals surface area (Å²) in [5.74, 6) is 0.284. The largest absolute Gasteiger partial charge is 0.388 e. The van der Waals surface area contributed by atoms with E-state index in [-0.39, 0.29) is 5.96 Å². The summed E-state index contributed by atoms with van der Waals surface area (Å²) in [6, 6.07) is 14.9. The van der Waals surface area contributed by atoms with Gasteiger partial charge in [0.2, 0.25) is 12.2 Å². The summed E-state index contributed by atoms with van der Waals surface area (Å²) in [7, 11) is 0. The number of hydrogen-bond donors (Lipinski definition) is 4. The number of nitrogens with zero attached hydrogens (tertiary/aromatic N) is 2. The van der Waals surface area contributed by atoms with E-state index in [1.165, 1.54) is 0 Å². The monoisotopic (exact) mass is 413 g/mol. The molecule has 6 nitrogen and oxygen atoms in total. The molecule has 0 amide bonds. The van der Waals surface area contributed by atoms with Gasteiger partial charge in [-0.15, -0.1) is 4.99 Å². The number of nitrogens with one attached hydrogen (secondary N) is 3. The van der Waals surface area contributed by atoms with Crippen LogP contribution in [0.2, 0.25) is 0 Å². The third kappa shape index (κ3) is 3.82. The highest BCUT2D eigenvalue weighted by Gasteiger charge is 2.41. The summed E-state index contributed by atoms with van der Waals surface area (Å²) in [5, 5.41) is 29.6. The molecule has 2 aromatic carbocycles. The van der Waals surface area contributed by atoms with E-state index in [9.17, 15) is 5.11 Å². The van der Waals surface area contributed by atoms with Gasteiger partial charge in [0.1, 0.15) is 6.10 Å². The molecule has 0 unspecified atom stereocenters. The molecule has 0 saturated carbocycles. The molecule has 0 aromatic heterocycles. The van der Waals surface area contributed by atoms with Gasteiger partial charge >= 0.3 is 0 Å². The molecule has 4 N–H and O–H groups in total. The fourth-order valence-corrected chi connectivity index (χ4v) is 3.40. The van der Waals surface area contributed by atoms with Gasteiger partial charge in [0.05, 0.1) is 11.6 Å². The summed E-state index contributed by atoms with van der Waals surface area (Å²) in [4.78, 5) is 3.85. The van der Waals surface area contributed by atoms with E-state index in [4.69, 9.17) is 5.26 Å². The van der Waals surface area contributed by atoms with Gasteiger partial charge in [-0.2, -0.15) is 5.26 Å². The average Bonchev–Trinajstić information content (AvgIpc) is 2.60. The summed E-state index contributed by atoms with van der Waals surface area (Å²) in [5.41, 5.74) is 2.07. The highest BCUT2D eigenvalue weighted by Crippen LogP contribution is 2.39. The number of guanidine groups is 1. The summed E-state index contributed by atoms with van der Waals surface area (Å²) < 4.78 is 0.909. The fourth-order valence-electron chi connectivity index (χ4n) is 3.02. The number of fused-ring (bicyclic) bond motifs is 1. The zero-order valence-electron chi connectivity index (χ0n) is 14.5. The van der Waals surface area contributed by atoms with Crippen LogP contribution < -0.4 is 16.0 Å². The van der Waals surface area contributed by atoms with Gasteiger partial charge in [-0.3, -0.25) is 0 Å². The van der Waals surface area contributed by atoms with Crippen LogP contribution >= 0.6 is 15.9 Å². The normalized spacial score (nSPS) is 21.1. The number of anilines is 2. The number of para-hydroxylation sites is 1. The Morgan fingerprint density at radius 3 is 2.69 bits per heavy atom. The molecule has 0 aliphatic carbocycles. The van der Waals surface area contributed by atoms with E-state index >= 15 is 0 Å². The molecule has 3 rings (SSSR count).